The van der Waals surface area contributed by atoms with Gasteiger partial charge in [-0.15, -0.1) is 0 Å². The lowest BCUT2D eigenvalue weighted by atomic mass is 10.1. The van der Waals surface area contributed by atoms with Crippen LogP contribution in [0.1, 0.15) is 11.3 Å². The third kappa shape index (κ3) is 3.56. The van der Waals surface area contributed by atoms with Crippen molar-refractivity contribution >= 4 is 38.6 Å². The van der Waals surface area contributed by atoms with Crippen LogP contribution in [0.2, 0.25) is 0 Å². The first-order chi connectivity index (χ1) is 13.1. The molecule has 7 nitrogen and oxygen atoms in total. The van der Waals surface area contributed by atoms with E-state index >= 15 is 0 Å². The number of nitro benzene ring substituents is 1. The number of nitrogens with one attached hydrogen (secondary N) is 1. The van der Waals surface area contributed by atoms with Crippen molar-refractivity contribution < 1.29 is 9.34 Å². The summed E-state index contributed by atoms with van der Waals surface area (Å²) in [6.45, 7) is 1.88. The van der Waals surface area contributed by atoms with Crippen LogP contribution in [-0.4, -0.2) is 16.1 Å². The van der Waals surface area contributed by atoms with E-state index in [0.29, 0.717) is 22.2 Å². The van der Waals surface area contributed by atoms with Gasteiger partial charge in [0.05, 0.1) is 21.4 Å². The number of rotatable bonds is 5. The lowest BCUT2D eigenvalue weighted by Gasteiger charge is -2.02. The predicted molar refractivity (Wildman–Crippen MR) is 106 cm³/mol. The Kier molecular flexibility index (Phi) is 4.39. The highest BCUT2D eigenvalue weighted by atomic mass is 32.1. The number of nitrogens with zero attached hydrogens (tertiary/aromatic N) is 3. The van der Waals surface area contributed by atoms with Crippen LogP contribution in [0.3, 0.4) is 0 Å². The van der Waals surface area contributed by atoms with Crippen LogP contribution in [0.4, 0.5) is 10.8 Å². The fourth-order valence-electron chi connectivity index (χ4n) is 2.63. The molecule has 4 rings (SSSR count). The Bertz CT molecular complexity index is 1130. The number of para-hydroxylation sites is 1. The zero-order valence-electron chi connectivity index (χ0n) is 14.2. The lowest BCUT2D eigenvalue weighted by molar-refractivity contribution is -0.384. The molecule has 0 fully saturated rings. The predicted octanol–water partition coefficient (Wildman–Crippen LogP) is 5.22. The molecular formula is C19H14N4O3S. The Labute approximate surface area is 158 Å². The van der Waals surface area contributed by atoms with Crippen molar-refractivity contribution in [3.63, 3.8) is 0 Å². The van der Waals surface area contributed by atoms with Crippen LogP contribution in [0, 0.1) is 17.0 Å². The molecule has 0 spiro atoms. The van der Waals surface area contributed by atoms with Gasteiger partial charge in [0.2, 0.25) is 5.13 Å². The van der Waals surface area contributed by atoms with Crippen LogP contribution < -0.4 is 5.43 Å². The maximum Gasteiger partial charge on any atom is 0.270 e. The summed E-state index contributed by atoms with van der Waals surface area (Å²) in [5, 5.41) is 15.8. The summed E-state index contributed by atoms with van der Waals surface area (Å²) in [5.41, 5.74) is 5.42. The average molecular weight is 378 g/mol. The molecule has 134 valence electrons. The van der Waals surface area contributed by atoms with Crippen LogP contribution in [0.15, 0.2) is 64.1 Å². The van der Waals surface area contributed by atoms with Gasteiger partial charge in [-0.25, -0.2) is 4.98 Å². The molecule has 0 saturated carbocycles. The average Bonchev–Trinajstić information content (AvgIpc) is 3.28. The lowest BCUT2D eigenvalue weighted by Crippen LogP contribution is -1.90. The number of nitro groups is 1. The Morgan fingerprint density at radius 1 is 1.22 bits per heavy atom. The number of hydrogen-bond donors (Lipinski definition) is 1. The highest BCUT2D eigenvalue weighted by Gasteiger charge is 2.13. The summed E-state index contributed by atoms with van der Waals surface area (Å²) >= 11 is 1.51. The molecule has 0 bridgehead atoms. The smallest absolute Gasteiger partial charge is 0.270 e. The maximum absolute atomic E-state index is 11.0. The zero-order valence-corrected chi connectivity index (χ0v) is 15.1. The third-order valence-corrected chi connectivity index (χ3v) is 4.91. The second kappa shape index (κ2) is 7.00. The number of furan rings is 1. The minimum absolute atomic E-state index is 0.0275. The largest absolute Gasteiger partial charge is 0.455 e. The molecule has 2 aromatic carbocycles. The van der Waals surface area contributed by atoms with Gasteiger partial charge >= 0.3 is 0 Å². The summed E-state index contributed by atoms with van der Waals surface area (Å²) in [7, 11) is 0. The van der Waals surface area contributed by atoms with Crippen molar-refractivity contribution in [1.82, 2.24) is 4.98 Å². The summed E-state index contributed by atoms with van der Waals surface area (Å²) in [6, 6.07) is 16.1. The molecule has 0 aliphatic rings. The number of hydrogen-bond acceptors (Lipinski definition) is 7. The van der Waals surface area contributed by atoms with Crippen molar-refractivity contribution in [3.05, 3.63) is 76.0 Å². The Morgan fingerprint density at radius 2 is 2.07 bits per heavy atom. The Hall–Kier alpha value is -3.52. The number of fused-ring (bicyclic) bond motifs is 1. The van der Waals surface area contributed by atoms with E-state index in [2.05, 4.69) is 15.5 Å². The molecule has 0 unspecified atom stereocenters. The molecular weight excluding hydrogens is 364 g/mol. The molecule has 2 heterocycles. The first-order valence-electron chi connectivity index (χ1n) is 8.10. The highest BCUT2D eigenvalue weighted by Crippen LogP contribution is 2.29. The van der Waals surface area contributed by atoms with E-state index in [1.807, 2.05) is 31.2 Å². The summed E-state index contributed by atoms with van der Waals surface area (Å²) in [6.07, 6.45) is 1.54. The van der Waals surface area contributed by atoms with Gasteiger partial charge in [0.25, 0.3) is 5.69 Å². The quantitative estimate of drug-likeness (QED) is 0.292. The number of anilines is 1. The molecule has 0 aliphatic carbocycles. The SMILES string of the molecule is Cc1ccc([N+](=O)[O-])cc1-c1ccc(C=NNc2nc3ccccc3s2)o1. The van der Waals surface area contributed by atoms with E-state index in [9.17, 15) is 10.1 Å². The Morgan fingerprint density at radius 3 is 2.89 bits per heavy atom. The van der Waals surface area contributed by atoms with E-state index < -0.39 is 4.92 Å². The summed E-state index contributed by atoms with van der Waals surface area (Å²) in [4.78, 5) is 15.0. The second-order valence-corrected chi connectivity index (χ2v) is 6.85. The number of aryl methyl sites for hydroxylation is 1. The Balaban J connectivity index is 1.52. The minimum Gasteiger partial charge on any atom is -0.455 e. The molecule has 8 heteroatoms. The first-order valence-corrected chi connectivity index (χ1v) is 8.92. The standard InChI is InChI=1S/C19H14N4O3S/c1-12-6-7-13(23(24)25)10-15(12)17-9-8-14(26-17)11-20-22-19-21-16-4-2-3-5-18(16)27-19/h2-11H,1H3,(H,21,22). The summed E-state index contributed by atoms with van der Waals surface area (Å²) in [5.74, 6) is 1.09. The first kappa shape index (κ1) is 16.9. The van der Waals surface area contributed by atoms with Gasteiger partial charge < -0.3 is 4.42 Å². The van der Waals surface area contributed by atoms with Gasteiger partial charge in [0, 0.05) is 17.7 Å². The maximum atomic E-state index is 11.0. The fraction of sp³-hybridized carbons (Fsp3) is 0.0526. The zero-order chi connectivity index (χ0) is 18.8. The van der Waals surface area contributed by atoms with Gasteiger partial charge in [-0.1, -0.05) is 29.5 Å². The minimum atomic E-state index is -0.420. The van der Waals surface area contributed by atoms with E-state index in [1.54, 1.807) is 24.4 Å². The van der Waals surface area contributed by atoms with Gasteiger partial charge in [-0.05, 0) is 36.8 Å². The number of aromatic nitrogens is 1. The number of thiazole rings is 1. The third-order valence-electron chi connectivity index (χ3n) is 3.97. The van der Waals surface area contributed by atoms with Crippen molar-refractivity contribution in [1.29, 1.82) is 0 Å². The highest BCUT2D eigenvalue weighted by molar-refractivity contribution is 7.22. The number of non-ortho nitro benzene ring substituents is 1. The van der Waals surface area contributed by atoms with Gasteiger partial charge in [0.15, 0.2) is 0 Å². The van der Waals surface area contributed by atoms with Crippen LogP contribution in [-0.2, 0) is 0 Å². The van der Waals surface area contributed by atoms with Crippen molar-refractivity contribution in [3.8, 4) is 11.3 Å². The van der Waals surface area contributed by atoms with Crippen LogP contribution in [0.25, 0.3) is 21.5 Å². The molecule has 1 N–H and O–H groups in total. The number of benzene rings is 2. The van der Waals surface area contributed by atoms with E-state index in [-0.39, 0.29) is 5.69 Å². The van der Waals surface area contributed by atoms with Crippen LogP contribution in [0.5, 0.6) is 0 Å². The monoisotopic (exact) mass is 378 g/mol. The van der Waals surface area contributed by atoms with E-state index in [1.165, 1.54) is 23.5 Å². The molecule has 0 atom stereocenters. The van der Waals surface area contributed by atoms with Gasteiger partial charge in [0.1, 0.15) is 11.5 Å². The topological polar surface area (TPSA) is 93.6 Å². The van der Waals surface area contributed by atoms with E-state index in [0.717, 1.165) is 15.8 Å². The fourth-order valence-corrected chi connectivity index (χ4v) is 3.44. The molecule has 2 aromatic heterocycles. The van der Waals surface area contributed by atoms with Crippen molar-refractivity contribution in [2.75, 3.05) is 5.43 Å². The molecule has 4 aromatic rings. The second-order valence-electron chi connectivity index (χ2n) is 5.82. The van der Waals surface area contributed by atoms with E-state index in [4.69, 9.17) is 4.42 Å². The molecule has 27 heavy (non-hydrogen) atoms. The van der Waals surface area contributed by atoms with Crippen LogP contribution >= 0.6 is 11.3 Å². The van der Waals surface area contributed by atoms with Gasteiger partial charge in [-0.2, -0.15) is 5.10 Å². The molecule has 0 aliphatic heterocycles. The number of hydrazone groups is 1. The van der Waals surface area contributed by atoms with Gasteiger partial charge in [-0.3, -0.25) is 15.5 Å². The molecule has 0 amide bonds. The van der Waals surface area contributed by atoms with Crippen molar-refractivity contribution in [2.24, 2.45) is 5.10 Å². The van der Waals surface area contributed by atoms with Crippen molar-refractivity contribution in [2.45, 2.75) is 6.92 Å². The summed E-state index contributed by atoms with van der Waals surface area (Å²) < 4.78 is 6.83. The molecule has 0 saturated heterocycles. The normalized spacial score (nSPS) is 11.3. The molecule has 0 radical (unpaired) electrons.